The van der Waals surface area contributed by atoms with Crippen molar-refractivity contribution in [3.63, 3.8) is 0 Å². The van der Waals surface area contributed by atoms with E-state index >= 15 is 0 Å². The predicted molar refractivity (Wildman–Crippen MR) is 101 cm³/mol. The van der Waals surface area contributed by atoms with Crippen LogP contribution in [0.4, 0.5) is 5.69 Å². The molecule has 2 saturated heterocycles. The van der Waals surface area contributed by atoms with Crippen molar-refractivity contribution < 1.29 is 17.9 Å². The number of nitrogens with zero attached hydrogens (tertiary/aromatic N) is 2. The molecule has 8 heteroatoms. The van der Waals surface area contributed by atoms with Crippen LogP contribution in [0.15, 0.2) is 29.3 Å². The van der Waals surface area contributed by atoms with E-state index in [-0.39, 0.29) is 28.7 Å². The highest BCUT2D eigenvalue weighted by Gasteiger charge is 2.49. The van der Waals surface area contributed by atoms with Crippen LogP contribution >= 0.6 is 11.8 Å². The second-order valence-electron chi connectivity index (χ2n) is 6.26. The Morgan fingerprint density at radius 3 is 2.68 bits per heavy atom. The number of sulfone groups is 1. The highest BCUT2D eigenvalue weighted by atomic mass is 32.2. The maximum atomic E-state index is 12.1. The van der Waals surface area contributed by atoms with Gasteiger partial charge in [0.2, 0.25) is 5.91 Å². The Bertz CT molecular complexity index is 774. The monoisotopic (exact) mass is 382 g/mol. The highest BCUT2D eigenvalue weighted by molar-refractivity contribution is 8.16. The molecule has 3 rings (SSSR count). The van der Waals surface area contributed by atoms with E-state index in [9.17, 15) is 13.2 Å². The number of benzene rings is 1. The first kappa shape index (κ1) is 18.3. The number of methoxy groups -OCH3 is 1. The van der Waals surface area contributed by atoms with Crippen molar-refractivity contribution in [2.45, 2.75) is 37.5 Å². The lowest BCUT2D eigenvalue weighted by atomic mass is 10.2. The number of fused-ring (bicyclic) bond motifs is 1. The third-order valence-electron chi connectivity index (χ3n) is 4.38. The zero-order valence-electron chi connectivity index (χ0n) is 14.3. The number of unbranched alkanes of at least 4 members (excludes halogenated alkanes) is 1. The third kappa shape index (κ3) is 4.00. The summed E-state index contributed by atoms with van der Waals surface area (Å²) in [7, 11) is -1.46. The number of thioether (sulfide) groups is 1. The van der Waals surface area contributed by atoms with Crippen LogP contribution in [0.2, 0.25) is 0 Å². The Morgan fingerprint density at radius 2 is 2.04 bits per heavy atom. The Balaban J connectivity index is 1.91. The van der Waals surface area contributed by atoms with E-state index in [4.69, 9.17) is 4.74 Å². The standard InChI is InChI=1S/C17H22N2O4S2/c1-3-4-5-16(20)18-17-19(12-6-8-13(23-2)9-7-12)14-10-25(21,22)11-15(14)24-17/h6-9,14-15H,3-5,10-11H2,1-2H3. The fraction of sp³-hybridized carbons (Fsp3) is 0.529. The van der Waals surface area contributed by atoms with E-state index in [1.807, 2.05) is 36.1 Å². The van der Waals surface area contributed by atoms with Crippen LogP contribution in [-0.2, 0) is 14.6 Å². The summed E-state index contributed by atoms with van der Waals surface area (Å²) in [6.07, 6.45) is 2.17. The van der Waals surface area contributed by atoms with Crippen LogP contribution in [0.25, 0.3) is 0 Å². The van der Waals surface area contributed by atoms with Gasteiger partial charge in [0.25, 0.3) is 0 Å². The summed E-state index contributed by atoms with van der Waals surface area (Å²) in [5.41, 5.74) is 0.833. The minimum absolute atomic E-state index is 0.0789. The second kappa shape index (κ2) is 7.37. The lowest BCUT2D eigenvalue weighted by Crippen LogP contribution is -2.37. The van der Waals surface area contributed by atoms with Gasteiger partial charge in [0.05, 0.1) is 24.7 Å². The van der Waals surface area contributed by atoms with E-state index in [1.165, 1.54) is 11.8 Å². The Hall–Kier alpha value is -1.54. The Kier molecular flexibility index (Phi) is 5.38. The first-order valence-electron chi connectivity index (χ1n) is 8.35. The summed E-state index contributed by atoms with van der Waals surface area (Å²) in [6.45, 7) is 2.03. The lowest BCUT2D eigenvalue weighted by Gasteiger charge is -2.24. The number of amides is 1. The third-order valence-corrected chi connectivity index (χ3v) is 7.59. The molecule has 2 unspecified atom stereocenters. The molecule has 25 heavy (non-hydrogen) atoms. The molecule has 2 aliphatic heterocycles. The molecule has 0 aromatic heterocycles. The van der Waals surface area contributed by atoms with Gasteiger partial charge in [0.1, 0.15) is 5.75 Å². The maximum Gasteiger partial charge on any atom is 0.248 e. The molecular formula is C17H22N2O4S2. The average molecular weight is 383 g/mol. The van der Waals surface area contributed by atoms with Gasteiger partial charge >= 0.3 is 0 Å². The van der Waals surface area contributed by atoms with Gasteiger partial charge in [0, 0.05) is 17.4 Å². The summed E-state index contributed by atoms with van der Waals surface area (Å²) < 4.78 is 29.2. The molecule has 2 atom stereocenters. The van der Waals surface area contributed by atoms with Crippen LogP contribution < -0.4 is 9.64 Å². The first-order valence-corrected chi connectivity index (χ1v) is 11.1. The molecule has 2 aliphatic rings. The van der Waals surface area contributed by atoms with E-state index in [0.717, 1.165) is 24.3 Å². The molecule has 0 radical (unpaired) electrons. The summed E-state index contributed by atoms with van der Waals surface area (Å²) in [6, 6.07) is 7.22. The molecule has 0 spiro atoms. The lowest BCUT2D eigenvalue weighted by molar-refractivity contribution is -0.117. The largest absolute Gasteiger partial charge is 0.497 e. The van der Waals surface area contributed by atoms with E-state index in [0.29, 0.717) is 11.6 Å². The number of carbonyl (C=O) groups excluding carboxylic acids is 1. The molecule has 136 valence electrons. The summed E-state index contributed by atoms with van der Waals surface area (Å²) >= 11 is 1.40. The van der Waals surface area contributed by atoms with Crippen LogP contribution in [-0.4, -0.2) is 49.4 Å². The van der Waals surface area contributed by atoms with Crippen LogP contribution in [0.3, 0.4) is 0 Å². The number of amidine groups is 1. The van der Waals surface area contributed by atoms with Gasteiger partial charge in [-0.1, -0.05) is 25.1 Å². The predicted octanol–water partition coefficient (Wildman–Crippen LogP) is 2.49. The van der Waals surface area contributed by atoms with Crippen molar-refractivity contribution in [3.05, 3.63) is 24.3 Å². The number of ether oxygens (including phenoxy) is 1. The number of carbonyl (C=O) groups is 1. The molecule has 2 fully saturated rings. The minimum atomic E-state index is -3.05. The van der Waals surface area contributed by atoms with Gasteiger partial charge in [-0.2, -0.15) is 4.99 Å². The Morgan fingerprint density at radius 1 is 1.32 bits per heavy atom. The van der Waals surface area contributed by atoms with Crippen molar-refractivity contribution >= 4 is 38.4 Å². The van der Waals surface area contributed by atoms with Gasteiger partial charge in [-0.25, -0.2) is 8.42 Å². The first-order chi connectivity index (χ1) is 11.9. The zero-order chi connectivity index (χ0) is 18.0. The average Bonchev–Trinajstić information content (AvgIpc) is 3.04. The Labute approximate surface area is 152 Å². The van der Waals surface area contributed by atoms with Crippen molar-refractivity contribution in [1.29, 1.82) is 0 Å². The number of anilines is 1. The van der Waals surface area contributed by atoms with E-state index < -0.39 is 9.84 Å². The van der Waals surface area contributed by atoms with E-state index in [1.54, 1.807) is 7.11 Å². The van der Waals surface area contributed by atoms with Gasteiger partial charge in [-0.3, -0.25) is 4.79 Å². The number of rotatable bonds is 5. The molecule has 0 N–H and O–H groups in total. The molecule has 0 bridgehead atoms. The van der Waals surface area contributed by atoms with E-state index in [2.05, 4.69) is 4.99 Å². The normalized spacial score (nSPS) is 26.0. The molecular weight excluding hydrogens is 360 g/mol. The fourth-order valence-electron chi connectivity index (χ4n) is 3.10. The summed E-state index contributed by atoms with van der Waals surface area (Å²) in [5.74, 6) is 0.810. The van der Waals surface area contributed by atoms with Crippen LogP contribution in [0, 0.1) is 0 Å². The second-order valence-corrected chi connectivity index (χ2v) is 9.62. The van der Waals surface area contributed by atoms with Crippen LogP contribution in [0.1, 0.15) is 26.2 Å². The van der Waals surface area contributed by atoms with Gasteiger partial charge in [-0.05, 0) is 30.7 Å². The van der Waals surface area contributed by atoms with Gasteiger partial charge < -0.3 is 9.64 Å². The molecule has 1 aromatic rings. The minimum Gasteiger partial charge on any atom is -0.497 e. The number of hydrogen-bond donors (Lipinski definition) is 0. The summed E-state index contributed by atoms with van der Waals surface area (Å²) in [4.78, 5) is 18.3. The molecule has 1 amide bonds. The molecule has 2 heterocycles. The number of aliphatic imine (C=N–C) groups is 1. The SMILES string of the molecule is CCCCC(=O)N=C1SC2CS(=O)(=O)CC2N1c1ccc(OC)cc1. The highest BCUT2D eigenvalue weighted by Crippen LogP contribution is 2.41. The fourth-order valence-corrected chi connectivity index (χ4v) is 7.03. The smallest absolute Gasteiger partial charge is 0.248 e. The van der Waals surface area contributed by atoms with Gasteiger partial charge in [0.15, 0.2) is 15.0 Å². The number of hydrogen-bond acceptors (Lipinski definition) is 5. The maximum absolute atomic E-state index is 12.1. The van der Waals surface area contributed by atoms with Gasteiger partial charge in [-0.15, -0.1) is 0 Å². The molecule has 0 saturated carbocycles. The molecule has 0 aliphatic carbocycles. The molecule has 6 nitrogen and oxygen atoms in total. The van der Waals surface area contributed by atoms with Crippen molar-refractivity contribution in [2.75, 3.05) is 23.5 Å². The summed E-state index contributed by atoms with van der Waals surface area (Å²) in [5, 5.41) is 0.529. The van der Waals surface area contributed by atoms with Crippen LogP contribution in [0.5, 0.6) is 5.75 Å². The van der Waals surface area contributed by atoms with Crippen molar-refractivity contribution in [1.82, 2.24) is 0 Å². The van der Waals surface area contributed by atoms with Crippen molar-refractivity contribution in [3.8, 4) is 5.75 Å². The topological polar surface area (TPSA) is 76.0 Å². The quantitative estimate of drug-likeness (QED) is 0.779. The van der Waals surface area contributed by atoms with Crippen molar-refractivity contribution in [2.24, 2.45) is 4.99 Å². The molecule has 1 aromatic carbocycles. The zero-order valence-corrected chi connectivity index (χ0v) is 16.0.